The fourth-order valence-corrected chi connectivity index (χ4v) is 4.40. The second-order valence-electron chi connectivity index (χ2n) is 9.47. The molecule has 1 aliphatic heterocycles. The predicted octanol–water partition coefficient (Wildman–Crippen LogP) is 4.88. The number of quaternary nitrogens is 1. The third-order valence-electron chi connectivity index (χ3n) is 5.88. The number of carbonyl (C=O) groups is 2. The molecule has 0 bridgehead atoms. The molecule has 0 saturated heterocycles. The number of hydroxylamine groups is 2. The molecular formula is C26H28N2O5. The number of fused-ring (bicyclic) bond motifs is 2. The number of amides is 1. The van der Waals surface area contributed by atoms with E-state index in [2.05, 4.69) is 5.32 Å². The van der Waals surface area contributed by atoms with Crippen LogP contribution in [0, 0.1) is 5.21 Å². The maximum absolute atomic E-state index is 14.2. The van der Waals surface area contributed by atoms with Crippen LogP contribution in [0.4, 0.5) is 10.5 Å². The lowest BCUT2D eigenvalue weighted by Crippen LogP contribution is -2.52. The van der Waals surface area contributed by atoms with Gasteiger partial charge in [-0.15, -0.1) is 0 Å². The molecule has 7 nitrogen and oxygen atoms in total. The van der Waals surface area contributed by atoms with Gasteiger partial charge in [0.25, 0.3) is 0 Å². The molecule has 1 amide bonds. The molecule has 0 saturated carbocycles. The highest BCUT2D eigenvalue weighted by molar-refractivity contribution is 5.86. The van der Waals surface area contributed by atoms with Crippen molar-refractivity contribution in [2.75, 3.05) is 0 Å². The molecular weight excluding hydrogens is 420 g/mol. The van der Waals surface area contributed by atoms with Crippen molar-refractivity contribution in [3.63, 3.8) is 0 Å². The molecule has 0 fully saturated rings. The van der Waals surface area contributed by atoms with E-state index in [9.17, 15) is 19.9 Å². The standard InChI is InChI=1S/C26H28N2O5/c1-26(2,3)33-25(31)27-15-17-11-12-19-14-23(24(29)30)28(32,22(19)13-17)16-20-9-6-8-18-7-4-5-10-21(18)20/h4-13,23H,14-16H2,1-3H3,(H,27,31)(H,29,30). The van der Waals surface area contributed by atoms with Crippen molar-refractivity contribution in [1.82, 2.24) is 9.96 Å². The number of carbonyl (C=O) groups excluding carboxylic acids is 1. The summed E-state index contributed by atoms with van der Waals surface area (Å²) in [6, 6.07) is 17.7. The van der Waals surface area contributed by atoms with E-state index in [1.807, 2.05) is 48.5 Å². The maximum Gasteiger partial charge on any atom is 0.407 e. The Labute approximate surface area is 192 Å². The first kappa shape index (κ1) is 22.8. The molecule has 1 aliphatic rings. The van der Waals surface area contributed by atoms with Crippen LogP contribution in [0.25, 0.3) is 10.8 Å². The lowest BCUT2D eigenvalue weighted by atomic mass is 10.0. The summed E-state index contributed by atoms with van der Waals surface area (Å²) in [5, 5.41) is 28.7. The van der Waals surface area contributed by atoms with Crippen LogP contribution in [0.5, 0.6) is 0 Å². The second kappa shape index (κ2) is 8.50. The van der Waals surface area contributed by atoms with Crippen molar-refractivity contribution in [3.8, 4) is 0 Å². The number of nitrogens with zero attached hydrogens (tertiary/aromatic N) is 1. The van der Waals surface area contributed by atoms with Crippen LogP contribution < -0.4 is 9.96 Å². The highest BCUT2D eigenvalue weighted by atomic mass is 16.6. The van der Waals surface area contributed by atoms with E-state index in [4.69, 9.17) is 4.74 Å². The molecule has 2 N–H and O–H groups in total. The van der Waals surface area contributed by atoms with Crippen molar-refractivity contribution in [2.45, 2.75) is 51.9 Å². The lowest BCUT2D eigenvalue weighted by molar-refractivity contribution is -0.141. The zero-order valence-corrected chi connectivity index (χ0v) is 19.0. The average Bonchev–Trinajstić information content (AvgIpc) is 3.03. The minimum atomic E-state index is -1.13. The maximum atomic E-state index is 14.2. The Hall–Kier alpha value is -3.42. The number of carboxylic acids is 1. The summed E-state index contributed by atoms with van der Waals surface area (Å²) in [5.41, 5.74) is 2.05. The number of rotatable bonds is 5. The SMILES string of the molecule is CC(C)(C)OC(=O)NCc1ccc2c(c1)[N+]([O-])(Cc1cccc3ccccc13)C(C(=O)O)C2. The van der Waals surface area contributed by atoms with E-state index in [0.717, 1.165) is 21.9 Å². The Morgan fingerprint density at radius 3 is 2.58 bits per heavy atom. The highest BCUT2D eigenvalue weighted by Gasteiger charge is 2.45. The predicted molar refractivity (Wildman–Crippen MR) is 127 cm³/mol. The number of alkyl carbamates (subject to hydrolysis) is 1. The van der Waals surface area contributed by atoms with Gasteiger partial charge in [0, 0.05) is 30.2 Å². The summed E-state index contributed by atoms with van der Waals surface area (Å²) in [6.07, 6.45) is -0.386. The monoisotopic (exact) mass is 448 g/mol. The topological polar surface area (TPSA) is 98.7 Å². The van der Waals surface area contributed by atoms with E-state index < -0.39 is 28.4 Å². The molecule has 1 heterocycles. The van der Waals surface area contributed by atoms with Gasteiger partial charge in [-0.25, -0.2) is 9.59 Å². The summed E-state index contributed by atoms with van der Waals surface area (Å²) in [5.74, 6) is -1.12. The molecule has 172 valence electrons. The van der Waals surface area contributed by atoms with E-state index in [-0.39, 0.29) is 19.5 Å². The van der Waals surface area contributed by atoms with Gasteiger partial charge in [-0.1, -0.05) is 54.6 Å². The molecule has 4 rings (SSSR count). The third-order valence-corrected chi connectivity index (χ3v) is 5.88. The Bertz CT molecular complexity index is 1210. The quantitative estimate of drug-likeness (QED) is 0.428. The summed E-state index contributed by atoms with van der Waals surface area (Å²) in [7, 11) is 0. The van der Waals surface area contributed by atoms with Gasteiger partial charge in [0.1, 0.15) is 17.8 Å². The van der Waals surface area contributed by atoms with Crippen LogP contribution in [0.15, 0.2) is 60.7 Å². The molecule has 2 atom stereocenters. The van der Waals surface area contributed by atoms with Gasteiger partial charge in [-0.3, -0.25) is 0 Å². The van der Waals surface area contributed by atoms with Crippen LogP contribution in [0.3, 0.4) is 0 Å². The van der Waals surface area contributed by atoms with Crippen LogP contribution >= 0.6 is 0 Å². The zero-order valence-electron chi connectivity index (χ0n) is 19.0. The first-order valence-electron chi connectivity index (χ1n) is 10.9. The van der Waals surface area contributed by atoms with E-state index >= 15 is 0 Å². The number of benzene rings is 3. The minimum absolute atomic E-state index is 0.00820. The number of nitrogens with one attached hydrogen (secondary N) is 1. The molecule has 0 aliphatic carbocycles. The molecule has 2 unspecified atom stereocenters. The normalized spacial score (nSPS) is 19.8. The van der Waals surface area contributed by atoms with Crippen LogP contribution in [-0.4, -0.2) is 28.8 Å². The fourth-order valence-electron chi connectivity index (χ4n) is 4.40. The van der Waals surface area contributed by atoms with Crippen molar-refractivity contribution in [1.29, 1.82) is 0 Å². The van der Waals surface area contributed by atoms with Gasteiger partial charge in [0.2, 0.25) is 0 Å². The van der Waals surface area contributed by atoms with Gasteiger partial charge in [0.05, 0.1) is 0 Å². The van der Waals surface area contributed by atoms with E-state index in [0.29, 0.717) is 11.3 Å². The lowest BCUT2D eigenvalue weighted by Gasteiger charge is -2.42. The smallest absolute Gasteiger partial charge is 0.407 e. The fraction of sp³-hybridized carbons (Fsp3) is 0.308. The molecule has 0 aromatic heterocycles. The first-order valence-corrected chi connectivity index (χ1v) is 10.9. The van der Waals surface area contributed by atoms with Gasteiger partial charge in [-0.05, 0) is 37.1 Å². The van der Waals surface area contributed by atoms with Gasteiger partial charge < -0.3 is 25.0 Å². The van der Waals surface area contributed by atoms with Crippen LogP contribution in [-0.2, 0) is 29.0 Å². The Kier molecular flexibility index (Phi) is 5.86. The van der Waals surface area contributed by atoms with Crippen LogP contribution in [0.1, 0.15) is 37.5 Å². The number of aliphatic carboxylic acids is 1. The minimum Gasteiger partial charge on any atom is -0.626 e. The third kappa shape index (κ3) is 4.69. The van der Waals surface area contributed by atoms with Crippen molar-refractivity contribution < 1.29 is 19.4 Å². The number of hydrogen-bond donors (Lipinski definition) is 2. The Morgan fingerprint density at radius 2 is 1.85 bits per heavy atom. The number of hydrogen-bond acceptors (Lipinski definition) is 4. The van der Waals surface area contributed by atoms with Gasteiger partial charge in [0.15, 0.2) is 6.04 Å². The molecule has 0 spiro atoms. The van der Waals surface area contributed by atoms with E-state index in [1.165, 1.54) is 0 Å². The molecule has 7 heteroatoms. The van der Waals surface area contributed by atoms with Gasteiger partial charge >= 0.3 is 12.1 Å². The Morgan fingerprint density at radius 1 is 1.12 bits per heavy atom. The number of carboxylic acid groups (broad SMARTS) is 1. The van der Waals surface area contributed by atoms with Crippen molar-refractivity contribution in [3.05, 3.63) is 82.6 Å². The average molecular weight is 449 g/mol. The summed E-state index contributed by atoms with van der Waals surface area (Å²) in [6.45, 7) is 5.53. The molecule has 33 heavy (non-hydrogen) atoms. The van der Waals surface area contributed by atoms with Crippen molar-refractivity contribution >= 4 is 28.5 Å². The molecule has 0 radical (unpaired) electrons. The van der Waals surface area contributed by atoms with Crippen molar-refractivity contribution in [2.24, 2.45) is 0 Å². The summed E-state index contributed by atoms with van der Waals surface area (Å²) in [4.78, 5) is 24.1. The molecule has 3 aromatic rings. The van der Waals surface area contributed by atoms with E-state index in [1.54, 1.807) is 32.9 Å². The molecule has 3 aromatic carbocycles. The summed E-state index contributed by atoms with van der Waals surface area (Å²) >= 11 is 0. The Balaban J connectivity index is 1.66. The number of ether oxygens (including phenoxy) is 1. The second-order valence-corrected chi connectivity index (χ2v) is 9.47. The van der Waals surface area contributed by atoms with Gasteiger partial charge in [-0.2, -0.15) is 0 Å². The largest absolute Gasteiger partial charge is 0.626 e. The first-order chi connectivity index (χ1) is 15.6. The van der Waals surface area contributed by atoms with Crippen LogP contribution in [0.2, 0.25) is 0 Å². The summed E-state index contributed by atoms with van der Waals surface area (Å²) < 4.78 is 4.29. The highest BCUT2D eigenvalue weighted by Crippen LogP contribution is 2.41. The zero-order chi connectivity index (χ0) is 23.8.